The second kappa shape index (κ2) is 8.12. The number of ether oxygens (including phenoxy) is 1. The number of halogens is 1. The van der Waals surface area contributed by atoms with Gasteiger partial charge < -0.3 is 9.64 Å². The van der Waals surface area contributed by atoms with Gasteiger partial charge in [0, 0.05) is 25.9 Å². The van der Waals surface area contributed by atoms with Crippen LogP contribution in [0, 0.1) is 5.82 Å². The van der Waals surface area contributed by atoms with Gasteiger partial charge in [-0.3, -0.25) is 9.78 Å². The molecule has 0 saturated carbocycles. The maximum Gasteiger partial charge on any atom is 0.222 e. The second-order valence-corrected chi connectivity index (χ2v) is 4.96. The van der Waals surface area contributed by atoms with Gasteiger partial charge in [-0.2, -0.15) is 0 Å². The Hall–Kier alpha value is -2.43. The molecule has 0 aliphatic rings. The van der Waals surface area contributed by atoms with Crippen molar-refractivity contribution in [3.63, 3.8) is 0 Å². The van der Waals surface area contributed by atoms with Crippen molar-refractivity contribution < 1.29 is 13.9 Å². The van der Waals surface area contributed by atoms with Gasteiger partial charge in [-0.1, -0.05) is 18.2 Å². The minimum absolute atomic E-state index is 0.0287. The molecule has 0 saturated heterocycles. The molecule has 0 aliphatic carbocycles. The maximum atomic E-state index is 13.4. The lowest BCUT2D eigenvalue weighted by Crippen LogP contribution is -2.31. The molecule has 0 bridgehead atoms. The average Bonchev–Trinajstić information content (AvgIpc) is 2.55. The Morgan fingerprint density at radius 1 is 1.27 bits per heavy atom. The first-order chi connectivity index (χ1) is 10.7. The Bertz CT molecular complexity index is 605. The Labute approximate surface area is 129 Å². The number of hydrogen-bond donors (Lipinski definition) is 0. The van der Waals surface area contributed by atoms with E-state index in [0.717, 1.165) is 5.56 Å². The van der Waals surface area contributed by atoms with Gasteiger partial charge in [0.1, 0.15) is 6.61 Å². The molecule has 22 heavy (non-hydrogen) atoms. The zero-order chi connectivity index (χ0) is 15.8. The lowest BCUT2D eigenvalue weighted by molar-refractivity contribution is -0.130. The topological polar surface area (TPSA) is 42.4 Å². The number of carbonyl (C=O) groups excluding carboxylic acids is 1. The summed E-state index contributed by atoms with van der Waals surface area (Å²) >= 11 is 0. The van der Waals surface area contributed by atoms with Crippen LogP contribution in [0.5, 0.6) is 5.75 Å². The van der Waals surface area contributed by atoms with Crippen LogP contribution in [0.15, 0.2) is 48.8 Å². The summed E-state index contributed by atoms with van der Waals surface area (Å²) in [6, 6.07) is 10.0. The van der Waals surface area contributed by atoms with Crippen molar-refractivity contribution in [2.75, 3.05) is 20.2 Å². The van der Waals surface area contributed by atoms with E-state index in [2.05, 4.69) is 4.98 Å². The molecule has 0 fully saturated rings. The van der Waals surface area contributed by atoms with E-state index in [1.54, 1.807) is 42.5 Å². The molecule has 5 heteroatoms. The van der Waals surface area contributed by atoms with Gasteiger partial charge in [-0.25, -0.2) is 4.39 Å². The smallest absolute Gasteiger partial charge is 0.222 e. The minimum atomic E-state index is -0.395. The highest BCUT2D eigenvalue weighted by molar-refractivity contribution is 5.76. The highest BCUT2D eigenvalue weighted by Gasteiger charge is 2.09. The summed E-state index contributed by atoms with van der Waals surface area (Å²) in [6.45, 7) is 0.677. The van der Waals surface area contributed by atoms with E-state index >= 15 is 0 Å². The monoisotopic (exact) mass is 302 g/mol. The van der Waals surface area contributed by atoms with E-state index in [4.69, 9.17) is 4.74 Å². The van der Waals surface area contributed by atoms with Gasteiger partial charge in [-0.05, 0) is 30.2 Å². The van der Waals surface area contributed by atoms with E-state index in [9.17, 15) is 9.18 Å². The third kappa shape index (κ3) is 4.84. The fourth-order valence-corrected chi connectivity index (χ4v) is 1.97. The molecule has 2 rings (SSSR count). The molecule has 1 amide bonds. The molecular formula is C17H19FN2O2. The van der Waals surface area contributed by atoms with Crippen molar-refractivity contribution in [2.45, 2.75) is 12.8 Å². The largest absolute Gasteiger partial charge is 0.489 e. The summed E-state index contributed by atoms with van der Waals surface area (Å²) in [5, 5.41) is 0. The van der Waals surface area contributed by atoms with Crippen LogP contribution < -0.4 is 4.74 Å². The number of carbonyl (C=O) groups is 1. The van der Waals surface area contributed by atoms with Crippen molar-refractivity contribution in [1.82, 2.24) is 9.88 Å². The maximum absolute atomic E-state index is 13.4. The summed E-state index contributed by atoms with van der Waals surface area (Å²) in [5.74, 6) is -0.159. The van der Waals surface area contributed by atoms with E-state index in [0.29, 0.717) is 19.4 Å². The third-order valence-electron chi connectivity index (χ3n) is 3.30. The molecule has 0 spiro atoms. The molecule has 0 atom stereocenters. The van der Waals surface area contributed by atoms with Crippen molar-refractivity contribution in [2.24, 2.45) is 0 Å². The lowest BCUT2D eigenvalue weighted by atomic mass is 10.1. The predicted molar refractivity (Wildman–Crippen MR) is 82.1 cm³/mol. The number of nitrogens with zero attached hydrogens (tertiary/aromatic N) is 2. The molecule has 1 heterocycles. The second-order valence-electron chi connectivity index (χ2n) is 4.96. The number of rotatable bonds is 7. The highest BCUT2D eigenvalue weighted by atomic mass is 19.1. The van der Waals surface area contributed by atoms with Crippen LogP contribution >= 0.6 is 0 Å². The van der Waals surface area contributed by atoms with E-state index in [1.165, 1.54) is 6.07 Å². The van der Waals surface area contributed by atoms with Crippen LogP contribution in [0.1, 0.15) is 12.0 Å². The predicted octanol–water partition coefficient (Wildman–Crippen LogP) is 2.69. The SMILES string of the molecule is CN(CCOc1ccccc1F)C(=O)CCc1cccnc1. The zero-order valence-electron chi connectivity index (χ0n) is 12.5. The van der Waals surface area contributed by atoms with E-state index in [1.807, 2.05) is 12.1 Å². The molecular weight excluding hydrogens is 283 g/mol. The van der Waals surface area contributed by atoms with Crippen LogP contribution in [0.2, 0.25) is 0 Å². The number of para-hydroxylation sites is 1. The molecule has 1 aromatic heterocycles. The fourth-order valence-electron chi connectivity index (χ4n) is 1.97. The Kier molecular flexibility index (Phi) is 5.89. The van der Waals surface area contributed by atoms with Gasteiger partial charge in [0.2, 0.25) is 5.91 Å². The zero-order valence-corrected chi connectivity index (χ0v) is 12.5. The summed E-state index contributed by atoms with van der Waals surface area (Å²) in [7, 11) is 1.72. The van der Waals surface area contributed by atoms with Gasteiger partial charge in [0.25, 0.3) is 0 Å². The quantitative estimate of drug-likeness (QED) is 0.790. The van der Waals surface area contributed by atoms with Gasteiger partial charge in [0.15, 0.2) is 11.6 Å². The standard InChI is InChI=1S/C17H19FN2O2/c1-20(11-12-22-16-7-3-2-6-15(16)18)17(21)9-8-14-5-4-10-19-13-14/h2-7,10,13H,8-9,11-12H2,1H3. The molecule has 1 aromatic carbocycles. The summed E-state index contributed by atoms with van der Waals surface area (Å²) in [5.41, 5.74) is 1.03. The molecule has 0 N–H and O–H groups in total. The summed E-state index contributed by atoms with van der Waals surface area (Å²) < 4.78 is 18.7. The van der Waals surface area contributed by atoms with Crippen molar-refractivity contribution in [3.8, 4) is 5.75 Å². The minimum Gasteiger partial charge on any atom is -0.489 e. The fraction of sp³-hybridized carbons (Fsp3) is 0.294. The van der Waals surface area contributed by atoms with Crippen molar-refractivity contribution in [3.05, 3.63) is 60.2 Å². The number of aromatic nitrogens is 1. The highest BCUT2D eigenvalue weighted by Crippen LogP contribution is 2.15. The van der Waals surface area contributed by atoms with Crippen LogP contribution in [-0.2, 0) is 11.2 Å². The Morgan fingerprint density at radius 3 is 2.82 bits per heavy atom. The van der Waals surface area contributed by atoms with Gasteiger partial charge in [0.05, 0.1) is 6.54 Å². The average molecular weight is 302 g/mol. The number of pyridine rings is 1. The molecule has 2 aromatic rings. The number of amides is 1. The first-order valence-corrected chi connectivity index (χ1v) is 7.17. The molecule has 0 aliphatic heterocycles. The normalized spacial score (nSPS) is 10.3. The van der Waals surface area contributed by atoms with Crippen LogP contribution in [0.25, 0.3) is 0 Å². The molecule has 0 unspecified atom stereocenters. The van der Waals surface area contributed by atoms with Crippen LogP contribution in [0.4, 0.5) is 4.39 Å². The van der Waals surface area contributed by atoms with E-state index in [-0.39, 0.29) is 18.3 Å². The molecule has 0 radical (unpaired) electrons. The Morgan fingerprint density at radius 2 is 2.09 bits per heavy atom. The summed E-state index contributed by atoms with van der Waals surface area (Å²) in [4.78, 5) is 17.6. The first kappa shape index (κ1) is 15.9. The van der Waals surface area contributed by atoms with Crippen LogP contribution in [0.3, 0.4) is 0 Å². The van der Waals surface area contributed by atoms with Gasteiger partial charge >= 0.3 is 0 Å². The number of likely N-dealkylation sites (N-methyl/N-ethyl adjacent to an activating group) is 1. The molecule has 4 nitrogen and oxygen atoms in total. The number of aryl methyl sites for hydroxylation is 1. The molecule has 116 valence electrons. The van der Waals surface area contributed by atoms with Crippen LogP contribution in [-0.4, -0.2) is 36.0 Å². The lowest BCUT2D eigenvalue weighted by Gasteiger charge is -2.17. The number of hydrogen-bond acceptors (Lipinski definition) is 3. The summed E-state index contributed by atoms with van der Waals surface area (Å²) in [6.07, 6.45) is 4.54. The first-order valence-electron chi connectivity index (χ1n) is 7.17. The van der Waals surface area contributed by atoms with Gasteiger partial charge in [-0.15, -0.1) is 0 Å². The Balaban J connectivity index is 1.71. The van der Waals surface area contributed by atoms with Crippen molar-refractivity contribution in [1.29, 1.82) is 0 Å². The van der Waals surface area contributed by atoms with Crippen molar-refractivity contribution >= 4 is 5.91 Å². The number of benzene rings is 1. The third-order valence-corrected chi connectivity index (χ3v) is 3.30. The van der Waals surface area contributed by atoms with E-state index < -0.39 is 5.82 Å².